The van der Waals surface area contributed by atoms with Crippen molar-refractivity contribution in [3.63, 3.8) is 0 Å². The van der Waals surface area contributed by atoms with Crippen LogP contribution in [0.2, 0.25) is 0 Å². The molecule has 192 valence electrons. The van der Waals surface area contributed by atoms with E-state index in [9.17, 15) is 28.2 Å². The number of sulfonamides is 1. The Balaban J connectivity index is 2.47. The highest BCUT2D eigenvalue weighted by Crippen LogP contribution is 2.25. The van der Waals surface area contributed by atoms with Crippen LogP contribution in [0.3, 0.4) is 0 Å². The van der Waals surface area contributed by atoms with Crippen LogP contribution in [0.5, 0.6) is 0 Å². The van der Waals surface area contributed by atoms with Crippen LogP contribution >= 0.6 is 0 Å². The Labute approximate surface area is 208 Å². The van der Waals surface area contributed by atoms with Gasteiger partial charge in [0, 0.05) is 24.2 Å². The Morgan fingerprint density at radius 2 is 1.57 bits per heavy atom. The van der Waals surface area contributed by atoms with Crippen LogP contribution < -0.4 is 0 Å². The normalized spacial score (nSPS) is 14.1. The van der Waals surface area contributed by atoms with Gasteiger partial charge in [-0.3, -0.25) is 9.69 Å². The fourth-order valence-electron chi connectivity index (χ4n) is 4.06. The molecule has 0 aliphatic rings. The molecule has 2 aromatic rings. The highest BCUT2D eigenvalue weighted by atomic mass is 32.2. The van der Waals surface area contributed by atoms with Crippen molar-refractivity contribution in [1.29, 1.82) is 0 Å². The number of aldehydes is 1. The van der Waals surface area contributed by atoms with E-state index in [0.29, 0.717) is 11.8 Å². The molecule has 8 nitrogen and oxygen atoms in total. The molecule has 0 saturated carbocycles. The zero-order chi connectivity index (χ0) is 26.4. The maximum Gasteiger partial charge on any atom is 0.408 e. The maximum absolute atomic E-state index is 13.5. The van der Waals surface area contributed by atoms with Crippen LogP contribution in [0.15, 0.2) is 59.5 Å². The highest BCUT2D eigenvalue weighted by molar-refractivity contribution is 7.89. The van der Waals surface area contributed by atoms with E-state index in [-0.39, 0.29) is 30.3 Å². The number of benzene rings is 2. The molecule has 9 heteroatoms. The van der Waals surface area contributed by atoms with Crippen molar-refractivity contribution in [3.05, 3.63) is 65.7 Å². The summed E-state index contributed by atoms with van der Waals surface area (Å²) in [5, 5.41) is 21.4. The van der Waals surface area contributed by atoms with Crippen LogP contribution in [-0.4, -0.2) is 71.0 Å². The first-order valence-corrected chi connectivity index (χ1v) is 13.0. The smallest absolute Gasteiger partial charge is 0.408 e. The lowest BCUT2D eigenvalue weighted by Gasteiger charge is -2.42. The Bertz CT molecular complexity index is 1080. The van der Waals surface area contributed by atoms with Gasteiger partial charge >= 0.3 is 6.09 Å². The lowest BCUT2D eigenvalue weighted by atomic mass is 9.94. The quantitative estimate of drug-likeness (QED) is 0.449. The maximum atomic E-state index is 13.5. The largest absolute Gasteiger partial charge is 0.465 e. The molecule has 2 atom stereocenters. The predicted molar refractivity (Wildman–Crippen MR) is 135 cm³/mol. The molecule has 2 aromatic carbocycles. The molecule has 0 aromatic heterocycles. The van der Waals surface area contributed by atoms with Crippen molar-refractivity contribution in [2.45, 2.75) is 63.6 Å². The third kappa shape index (κ3) is 7.62. The van der Waals surface area contributed by atoms with Gasteiger partial charge in [-0.2, -0.15) is 4.31 Å². The molecule has 35 heavy (non-hydrogen) atoms. The molecule has 0 aliphatic heterocycles. The molecule has 2 N–H and O–H groups in total. The zero-order valence-electron chi connectivity index (χ0n) is 21.0. The molecule has 1 amide bonds. The first kappa shape index (κ1) is 28.5. The fraction of sp³-hybridized carbons (Fsp3) is 0.462. The second-order valence-corrected chi connectivity index (χ2v) is 12.0. The van der Waals surface area contributed by atoms with Crippen LogP contribution in [0.4, 0.5) is 4.79 Å². The van der Waals surface area contributed by atoms with Crippen molar-refractivity contribution in [2.24, 2.45) is 5.92 Å². The van der Waals surface area contributed by atoms with Gasteiger partial charge in [-0.05, 0) is 50.8 Å². The fourth-order valence-corrected chi connectivity index (χ4v) is 5.68. The van der Waals surface area contributed by atoms with Gasteiger partial charge in [-0.1, -0.05) is 56.3 Å². The Kier molecular flexibility index (Phi) is 9.60. The molecular weight excluding hydrogens is 468 g/mol. The molecule has 0 bridgehead atoms. The summed E-state index contributed by atoms with van der Waals surface area (Å²) in [6.45, 7) is 8.80. The summed E-state index contributed by atoms with van der Waals surface area (Å²) in [6, 6.07) is 13.9. The first-order valence-electron chi connectivity index (χ1n) is 11.6. The topological polar surface area (TPSA) is 115 Å². The van der Waals surface area contributed by atoms with Gasteiger partial charge in [0.1, 0.15) is 6.29 Å². The van der Waals surface area contributed by atoms with E-state index in [1.54, 1.807) is 20.8 Å². The number of rotatable bonds is 11. The van der Waals surface area contributed by atoms with E-state index < -0.39 is 33.8 Å². The second kappa shape index (κ2) is 11.8. The number of hydrogen-bond acceptors (Lipinski definition) is 5. The monoisotopic (exact) mass is 504 g/mol. The van der Waals surface area contributed by atoms with Crippen LogP contribution in [0, 0.1) is 5.92 Å². The number of amides is 1. The summed E-state index contributed by atoms with van der Waals surface area (Å²) in [4.78, 5) is 24.5. The van der Waals surface area contributed by atoms with Gasteiger partial charge in [0.2, 0.25) is 10.0 Å². The number of nitrogens with zero attached hydrogens (tertiary/aromatic N) is 2. The number of hydrogen-bond donors (Lipinski definition) is 2. The standard InChI is InChI=1S/C26H36N2O6S/c1-19(2)16-27(35(33,34)22-13-11-21(18-29)12-14-22)17-24(30)23(15-20-9-7-6-8-10-20)28(25(31)32)26(3,4)5/h6-14,18-19,23-24,30H,15-17H2,1-5H3,(H,31,32)/t23-,24+/m0/s1. The van der Waals surface area contributed by atoms with E-state index in [1.807, 2.05) is 44.2 Å². The SMILES string of the molecule is CC(C)CN(C[C@@H](O)[C@H](Cc1ccccc1)N(C(=O)O)C(C)(C)C)S(=O)(=O)c1ccc(C=O)cc1. The number of carbonyl (C=O) groups is 2. The third-order valence-electron chi connectivity index (χ3n) is 5.61. The average Bonchev–Trinajstić information content (AvgIpc) is 2.77. The van der Waals surface area contributed by atoms with E-state index >= 15 is 0 Å². The molecular formula is C26H36N2O6S. The lowest BCUT2D eigenvalue weighted by molar-refractivity contribution is 0.000538. The van der Waals surface area contributed by atoms with Gasteiger partial charge in [-0.25, -0.2) is 13.2 Å². The van der Waals surface area contributed by atoms with Crippen LogP contribution in [0.25, 0.3) is 0 Å². The first-order chi connectivity index (χ1) is 16.3. The van der Waals surface area contributed by atoms with Gasteiger partial charge in [0.15, 0.2) is 0 Å². The minimum Gasteiger partial charge on any atom is -0.465 e. The molecule has 0 saturated heterocycles. The van der Waals surface area contributed by atoms with Crippen molar-refractivity contribution in [3.8, 4) is 0 Å². The Morgan fingerprint density at radius 3 is 2.03 bits per heavy atom. The highest BCUT2D eigenvalue weighted by Gasteiger charge is 2.39. The molecule has 0 spiro atoms. The molecule has 0 heterocycles. The summed E-state index contributed by atoms with van der Waals surface area (Å²) < 4.78 is 28.2. The Morgan fingerprint density at radius 1 is 1.00 bits per heavy atom. The number of carboxylic acid groups (broad SMARTS) is 1. The second-order valence-electron chi connectivity index (χ2n) is 10.1. The summed E-state index contributed by atoms with van der Waals surface area (Å²) in [5.74, 6) is -0.0445. The summed E-state index contributed by atoms with van der Waals surface area (Å²) in [5.41, 5.74) is 0.345. The summed E-state index contributed by atoms with van der Waals surface area (Å²) in [7, 11) is -4.01. The van der Waals surface area contributed by atoms with E-state index in [4.69, 9.17) is 0 Å². The molecule has 0 fully saturated rings. The number of aliphatic hydroxyl groups excluding tert-OH is 1. The number of carbonyl (C=O) groups excluding carboxylic acids is 1. The minimum atomic E-state index is -4.01. The predicted octanol–water partition coefficient (Wildman–Crippen LogP) is 3.90. The molecule has 0 radical (unpaired) electrons. The van der Waals surface area contributed by atoms with Crippen molar-refractivity contribution >= 4 is 22.4 Å². The van der Waals surface area contributed by atoms with Gasteiger partial charge in [0.25, 0.3) is 0 Å². The number of aliphatic hydroxyl groups is 1. The van der Waals surface area contributed by atoms with Gasteiger partial charge in [-0.15, -0.1) is 0 Å². The van der Waals surface area contributed by atoms with Gasteiger partial charge in [0.05, 0.1) is 17.0 Å². The average molecular weight is 505 g/mol. The zero-order valence-corrected chi connectivity index (χ0v) is 21.8. The van der Waals surface area contributed by atoms with Gasteiger partial charge < -0.3 is 10.2 Å². The van der Waals surface area contributed by atoms with Crippen molar-refractivity contribution < 1.29 is 28.2 Å². The lowest BCUT2D eigenvalue weighted by Crippen LogP contribution is -2.58. The third-order valence-corrected chi connectivity index (χ3v) is 7.45. The van der Waals surface area contributed by atoms with E-state index in [2.05, 4.69) is 0 Å². The minimum absolute atomic E-state index is 0.00136. The molecule has 0 aliphatic carbocycles. The Hall–Kier alpha value is -2.75. The van der Waals surface area contributed by atoms with Crippen LogP contribution in [-0.2, 0) is 16.4 Å². The van der Waals surface area contributed by atoms with Crippen LogP contribution in [0.1, 0.15) is 50.5 Å². The summed E-state index contributed by atoms with van der Waals surface area (Å²) >= 11 is 0. The van der Waals surface area contributed by atoms with Crippen molar-refractivity contribution in [2.75, 3.05) is 13.1 Å². The van der Waals surface area contributed by atoms with Crippen molar-refractivity contribution in [1.82, 2.24) is 9.21 Å². The van der Waals surface area contributed by atoms with E-state index in [0.717, 1.165) is 5.56 Å². The van der Waals surface area contributed by atoms with E-state index in [1.165, 1.54) is 33.5 Å². The molecule has 2 rings (SSSR count). The summed E-state index contributed by atoms with van der Waals surface area (Å²) in [6.07, 6.45) is -1.64. The molecule has 0 unspecified atom stereocenters.